The summed E-state index contributed by atoms with van der Waals surface area (Å²) in [4.78, 5) is 21.1. The highest BCUT2D eigenvalue weighted by Crippen LogP contribution is 2.18. The van der Waals surface area contributed by atoms with Crippen LogP contribution in [-0.4, -0.2) is 17.0 Å². The van der Waals surface area contributed by atoms with Crippen molar-refractivity contribution < 1.29 is 14.7 Å². The molecule has 14 heavy (non-hydrogen) atoms. The lowest BCUT2D eigenvalue weighted by Crippen LogP contribution is -2.43. The third-order valence-corrected chi connectivity index (χ3v) is 1.89. The number of aliphatic carboxylic acids is 1. The second kappa shape index (κ2) is 3.87. The van der Waals surface area contributed by atoms with Gasteiger partial charge in [0.15, 0.2) is 5.54 Å². The minimum Gasteiger partial charge on any atom is -0.479 e. The maximum Gasteiger partial charge on any atom is 0.333 e. The largest absolute Gasteiger partial charge is 0.479 e. The van der Waals surface area contributed by atoms with Crippen molar-refractivity contribution in [3.63, 3.8) is 0 Å². The van der Waals surface area contributed by atoms with E-state index in [1.165, 1.54) is 5.94 Å². The Kier molecular flexibility index (Phi) is 2.82. The predicted octanol–water partition coefficient (Wildman–Crippen LogP) is 0.313. The Morgan fingerprint density at radius 1 is 1.43 bits per heavy atom. The van der Waals surface area contributed by atoms with Crippen LogP contribution in [0.2, 0.25) is 0 Å². The summed E-state index contributed by atoms with van der Waals surface area (Å²) in [6.07, 6.45) is 0.796. The van der Waals surface area contributed by atoms with Crippen molar-refractivity contribution in [3.05, 3.63) is 42.0 Å². The number of nitrogens with two attached hydrogens (primary N) is 1. The second-order valence-corrected chi connectivity index (χ2v) is 2.80. The molecule has 0 aliphatic carbocycles. The van der Waals surface area contributed by atoms with E-state index < -0.39 is 11.5 Å². The van der Waals surface area contributed by atoms with Crippen LogP contribution in [0.25, 0.3) is 0 Å². The molecule has 0 heterocycles. The molecule has 3 N–H and O–H groups in total. The summed E-state index contributed by atoms with van der Waals surface area (Å²) in [5.41, 5.74) is 4.11. The van der Waals surface area contributed by atoms with Crippen LogP contribution in [0, 0.1) is 0 Å². The molecule has 0 spiro atoms. The first-order valence-electron chi connectivity index (χ1n) is 3.91. The van der Waals surface area contributed by atoms with E-state index in [-0.39, 0.29) is 0 Å². The Labute approximate surface area is 80.7 Å². The maximum absolute atomic E-state index is 10.9. The summed E-state index contributed by atoms with van der Waals surface area (Å²) in [6.45, 7) is 0. The summed E-state index contributed by atoms with van der Waals surface area (Å²) >= 11 is 0. The molecule has 0 saturated heterocycles. The fourth-order valence-electron chi connectivity index (χ4n) is 1.08. The summed E-state index contributed by atoms with van der Waals surface area (Å²) in [5, 5.41) is 8.88. The van der Waals surface area contributed by atoms with Gasteiger partial charge in [-0.15, -0.1) is 0 Å². The molecule has 0 amide bonds. The fourth-order valence-corrected chi connectivity index (χ4v) is 1.08. The maximum atomic E-state index is 10.9. The van der Waals surface area contributed by atoms with Gasteiger partial charge < -0.3 is 10.8 Å². The van der Waals surface area contributed by atoms with Crippen molar-refractivity contribution >= 4 is 11.9 Å². The average molecular weight is 191 g/mol. The Morgan fingerprint density at radius 2 is 2.00 bits per heavy atom. The zero-order chi connectivity index (χ0) is 10.6. The molecule has 0 aliphatic rings. The van der Waals surface area contributed by atoms with Gasteiger partial charge in [0.2, 0.25) is 0 Å². The van der Waals surface area contributed by atoms with E-state index in [9.17, 15) is 9.59 Å². The number of carbonyl (C=O) groups is 1. The van der Waals surface area contributed by atoms with Crippen LogP contribution < -0.4 is 5.73 Å². The minimum atomic E-state index is -1.79. The van der Waals surface area contributed by atoms with Gasteiger partial charge in [-0.05, 0) is 5.56 Å². The van der Waals surface area contributed by atoms with Gasteiger partial charge in [-0.25, -0.2) is 9.59 Å². The van der Waals surface area contributed by atoms with Gasteiger partial charge in [0.05, 0.1) is 0 Å². The third kappa shape index (κ3) is 1.71. The fraction of sp³-hybridized carbons (Fsp3) is 0.100. The zero-order valence-corrected chi connectivity index (χ0v) is 7.31. The van der Waals surface area contributed by atoms with E-state index in [0.717, 1.165) is 6.08 Å². The number of carbonyl (C=O) groups excluding carboxylic acids is 1. The molecular formula is C10H9NO3. The van der Waals surface area contributed by atoms with E-state index in [4.69, 9.17) is 10.8 Å². The van der Waals surface area contributed by atoms with Crippen LogP contribution in [-0.2, 0) is 15.1 Å². The van der Waals surface area contributed by atoms with Gasteiger partial charge in [0, 0.05) is 6.08 Å². The van der Waals surface area contributed by atoms with Crippen LogP contribution in [0.4, 0.5) is 0 Å². The first kappa shape index (κ1) is 10.2. The van der Waals surface area contributed by atoms with Gasteiger partial charge in [-0.3, -0.25) is 0 Å². The van der Waals surface area contributed by atoms with Crippen LogP contribution in [0.3, 0.4) is 0 Å². The number of carboxylic acids is 1. The molecule has 1 unspecified atom stereocenters. The van der Waals surface area contributed by atoms with Gasteiger partial charge in [0.1, 0.15) is 5.94 Å². The SMILES string of the molecule is NC(C=C=O)(C(=O)O)c1ccccc1. The Morgan fingerprint density at radius 3 is 2.43 bits per heavy atom. The molecular weight excluding hydrogens is 182 g/mol. The molecule has 1 rings (SSSR count). The molecule has 4 nitrogen and oxygen atoms in total. The number of hydrogen-bond donors (Lipinski definition) is 2. The number of hydrogen-bond acceptors (Lipinski definition) is 3. The summed E-state index contributed by atoms with van der Waals surface area (Å²) in [7, 11) is 0. The van der Waals surface area contributed by atoms with Gasteiger partial charge in [0.25, 0.3) is 0 Å². The van der Waals surface area contributed by atoms with Crippen LogP contribution >= 0.6 is 0 Å². The zero-order valence-electron chi connectivity index (χ0n) is 7.31. The number of rotatable bonds is 3. The molecule has 4 heteroatoms. The Balaban J connectivity index is 3.26. The van der Waals surface area contributed by atoms with Crippen molar-refractivity contribution in [1.29, 1.82) is 0 Å². The van der Waals surface area contributed by atoms with Crippen molar-refractivity contribution in [1.82, 2.24) is 0 Å². The third-order valence-electron chi connectivity index (χ3n) is 1.89. The van der Waals surface area contributed by atoms with Crippen molar-refractivity contribution in [2.75, 3.05) is 0 Å². The van der Waals surface area contributed by atoms with Gasteiger partial charge >= 0.3 is 5.97 Å². The molecule has 0 fully saturated rings. The molecule has 1 aromatic rings. The molecule has 1 aromatic carbocycles. The standard InChI is InChI=1S/C10H9NO3/c11-10(6-7-12,9(13)14)8-4-2-1-3-5-8/h1-6H,11H2,(H,13,14). The Hall–Kier alpha value is -1.90. The number of carboxylic acid groups (broad SMARTS) is 1. The smallest absolute Gasteiger partial charge is 0.333 e. The monoisotopic (exact) mass is 191 g/mol. The molecule has 0 aromatic heterocycles. The van der Waals surface area contributed by atoms with Crippen LogP contribution in [0.15, 0.2) is 36.4 Å². The molecule has 1 atom stereocenters. The normalized spacial score (nSPS) is 13.8. The highest BCUT2D eigenvalue weighted by atomic mass is 16.4. The predicted molar refractivity (Wildman–Crippen MR) is 50.2 cm³/mol. The van der Waals surface area contributed by atoms with E-state index in [0.29, 0.717) is 5.56 Å². The van der Waals surface area contributed by atoms with Crippen molar-refractivity contribution in [2.45, 2.75) is 5.54 Å². The Bertz CT molecular complexity index is 378. The average Bonchev–Trinajstić information content (AvgIpc) is 2.19. The molecule has 72 valence electrons. The lowest BCUT2D eigenvalue weighted by atomic mass is 9.91. The minimum absolute atomic E-state index is 0.343. The van der Waals surface area contributed by atoms with E-state index >= 15 is 0 Å². The highest BCUT2D eigenvalue weighted by molar-refractivity contribution is 5.85. The quantitative estimate of drug-likeness (QED) is 0.674. The summed E-state index contributed by atoms with van der Waals surface area (Å²) < 4.78 is 0. The molecule has 0 radical (unpaired) electrons. The first-order valence-corrected chi connectivity index (χ1v) is 3.91. The molecule has 0 bridgehead atoms. The van der Waals surface area contributed by atoms with E-state index in [1.807, 2.05) is 0 Å². The van der Waals surface area contributed by atoms with E-state index in [2.05, 4.69) is 0 Å². The lowest BCUT2D eigenvalue weighted by molar-refractivity contribution is -0.141. The van der Waals surface area contributed by atoms with Crippen molar-refractivity contribution in [2.24, 2.45) is 5.73 Å². The van der Waals surface area contributed by atoms with Crippen LogP contribution in [0.1, 0.15) is 5.56 Å². The second-order valence-electron chi connectivity index (χ2n) is 2.80. The highest BCUT2D eigenvalue weighted by Gasteiger charge is 2.33. The topological polar surface area (TPSA) is 80.4 Å². The van der Waals surface area contributed by atoms with Crippen LogP contribution in [0.5, 0.6) is 0 Å². The molecule has 0 saturated carbocycles. The van der Waals surface area contributed by atoms with Gasteiger partial charge in [-0.1, -0.05) is 30.3 Å². The molecule has 0 aliphatic heterocycles. The van der Waals surface area contributed by atoms with Crippen molar-refractivity contribution in [3.8, 4) is 0 Å². The van der Waals surface area contributed by atoms with Gasteiger partial charge in [-0.2, -0.15) is 0 Å². The lowest BCUT2D eigenvalue weighted by Gasteiger charge is -2.19. The van der Waals surface area contributed by atoms with E-state index in [1.54, 1.807) is 30.3 Å². The first-order chi connectivity index (χ1) is 6.61. The summed E-state index contributed by atoms with van der Waals surface area (Å²) in [5.74, 6) is 0.122. The number of benzene rings is 1. The summed E-state index contributed by atoms with van der Waals surface area (Å²) in [6, 6.07) is 8.12.